The molecule has 27 heavy (non-hydrogen) atoms. The molecule has 0 bridgehead atoms. The van der Waals surface area contributed by atoms with Crippen LogP contribution >= 0.6 is 0 Å². The number of ether oxygens (including phenoxy) is 2. The van der Waals surface area contributed by atoms with Crippen molar-refractivity contribution in [3.05, 3.63) is 0 Å². The van der Waals surface area contributed by atoms with Gasteiger partial charge in [0.1, 0.15) is 12.8 Å². The number of hydrazone groups is 1. The molecule has 3 aliphatic heterocycles. The minimum absolute atomic E-state index is 0.101. The maximum Gasteiger partial charge on any atom is 0.347 e. The van der Waals surface area contributed by atoms with E-state index in [4.69, 9.17) is 20.3 Å². The number of hydrogen-bond acceptors (Lipinski definition) is 6. The number of urea groups is 1. The molecule has 0 radical (unpaired) electrons. The highest BCUT2D eigenvalue weighted by molar-refractivity contribution is 6.05. The van der Waals surface area contributed by atoms with E-state index in [1.165, 1.54) is 9.91 Å². The number of carbonyl (C=O) groups excluding carboxylic acids is 2. The van der Waals surface area contributed by atoms with Crippen LogP contribution in [0.5, 0.6) is 0 Å². The Labute approximate surface area is 159 Å². The number of rotatable bonds is 1. The van der Waals surface area contributed by atoms with E-state index in [9.17, 15) is 9.59 Å². The summed E-state index contributed by atoms with van der Waals surface area (Å²) in [6.07, 6.45) is 6.59. The minimum atomic E-state index is -0.475. The van der Waals surface area contributed by atoms with Crippen molar-refractivity contribution < 1.29 is 19.1 Å². The second kappa shape index (κ2) is 6.53. The van der Waals surface area contributed by atoms with Gasteiger partial charge in [-0.3, -0.25) is 9.69 Å². The number of amides is 3. The van der Waals surface area contributed by atoms with Crippen molar-refractivity contribution in [3.8, 4) is 0 Å². The Hall–Kier alpha value is -1.51. The zero-order valence-corrected chi connectivity index (χ0v) is 15.8. The third-order valence-corrected chi connectivity index (χ3v) is 7.28. The Morgan fingerprint density at radius 1 is 1.04 bits per heavy atom. The lowest BCUT2D eigenvalue weighted by Gasteiger charge is -2.39. The van der Waals surface area contributed by atoms with Crippen molar-refractivity contribution in [2.45, 2.75) is 69.2 Å². The van der Waals surface area contributed by atoms with Crippen LogP contribution in [-0.2, 0) is 14.3 Å². The van der Waals surface area contributed by atoms with Gasteiger partial charge in [0.25, 0.3) is 5.91 Å². The third-order valence-electron chi connectivity index (χ3n) is 7.28. The summed E-state index contributed by atoms with van der Waals surface area (Å²) in [6, 6.07) is -0.516. The largest absolute Gasteiger partial charge is 0.349 e. The van der Waals surface area contributed by atoms with E-state index in [0.29, 0.717) is 25.0 Å². The lowest BCUT2D eigenvalue weighted by Crippen LogP contribution is -2.44. The number of likely N-dealkylation sites (N-methyl/N-ethyl adjacent to an activating group) is 1. The first-order valence-electron chi connectivity index (χ1n) is 10.2. The number of carbonyl (C=O) groups is 2. The molecule has 5 unspecified atom stereocenters. The van der Waals surface area contributed by atoms with Crippen molar-refractivity contribution in [2.24, 2.45) is 28.6 Å². The van der Waals surface area contributed by atoms with E-state index in [1.807, 2.05) is 0 Å². The molecule has 3 heterocycles. The zero-order valence-electron chi connectivity index (χ0n) is 15.8. The predicted octanol–water partition coefficient (Wildman–Crippen LogP) is 1.29. The van der Waals surface area contributed by atoms with Crippen LogP contribution in [0.2, 0.25) is 0 Å². The Kier molecular flexibility index (Phi) is 4.25. The molecule has 8 nitrogen and oxygen atoms in total. The van der Waals surface area contributed by atoms with Gasteiger partial charge in [0.15, 0.2) is 0 Å². The quantitative estimate of drug-likeness (QED) is 0.696. The summed E-state index contributed by atoms with van der Waals surface area (Å²) in [7, 11) is 1.55. The van der Waals surface area contributed by atoms with Gasteiger partial charge in [-0.25, -0.2) is 9.80 Å². The van der Waals surface area contributed by atoms with Gasteiger partial charge in [0, 0.05) is 24.7 Å². The van der Waals surface area contributed by atoms with Gasteiger partial charge in [0.05, 0.1) is 12.2 Å². The van der Waals surface area contributed by atoms with E-state index in [-0.39, 0.29) is 36.1 Å². The second-order valence-corrected chi connectivity index (χ2v) is 8.78. The van der Waals surface area contributed by atoms with Gasteiger partial charge in [0.2, 0.25) is 0 Å². The average molecular weight is 376 g/mol. The summed E-state index contributed by atoms with van der Waals surface area (Å²) >= 11 is 0. The molecule has 4 fully saturated rings. The van der Waals surface area contributed by atoms with E-state index in [1.54, 1.807) is 7.05 Å². The zero-order chi connectivity index (χ0) is 18.7. The fourth-order valence-electron chi connectivity index (χ4n) is 5.70. The molecule has 5 rings (SSSR count). The van der Waals surface area contributed by atoms with Gasteiger partial charge in [-0.15, -0.1) is 0 Å². The van der Waals surface area contributed by atoms with Gasteiger partial charge in [-0.05, 0) is 56.8 Å². The molecule has 0 aromatic carbocycles. The van der Waals surface area contributed by atoms with E-state index in [0.717, 1.165) is 44.2 Å². The highest BCUT2D eigenvalue weighted by Crippen LogP contribution is 2.45. The molecule has 2 saturated carbocycles. The number of hydrogen-bond donors (Lipinski definition) is 1. The molecule has 3 amide bonds. The van der Waals surface area contributed by atoms with Crippen molar-refractivity contribution in [3.63, 3.8) is 0 Å². The predicted molar refractivity (Wildman–Crippen MR) is 96.6 cm³/mol. The van der Waals surface area contributed by atoms with Crippen LogP contribution in [0.3, 0.4) is 0 Å². The molecule has 2 aliphatic carbocycles. The molecule has 5 atom stereocenters. The summed E-state index contributed by atoms with van der Waals surface area (Å²) in [5.74, 6) is 0.744. The number of nitrogens with zero attached hydrogens (tertiary/aromatic N) is 3. The van der Waals surface area contributed by atoms with E-state index >= 15 is 0 Å². The number of fused-ring (bicyclic) bond motifs is 3. The maximum absolute atomic E-state index is 12.7. The molecule has 148 valence electrons. The van der Waals surface area contributed by atoms with E-state index in [2.05, 4.69) is 0 Å². The maximum atomic E-state index is 12.7. The van der Waals surface area contributed by atoms with Crippen LogP contribution in [0, 0.1) is 17.8 Å². The molecule has 0 spiro atoms. The summed E-state index contributed by atoms with van der Waals surface area (Å²) in [5, 5.41) is 6.33. The fraction of sp³-hybridized carbons (Fsp3) is 0.842. The van der Waals surface area contributed by atoms with Crippen molar-refractivity contribution in [2.75, 3.05) is 13.8 Å². The normalized spacial score (nSPS) is 44.5. The highest BCUT2D eigenvalue weighted by atomic mass is 16.7. The molecule has 2 N–H and O–H groups in total. The molecule has 0 aromatic rings. The molecule has 8 heteroatoms. The van der Waals surface area contributed by atoms with Gasteiger partial charge < -0.3 is 15.2 Å². The molecule has 0 aromatic heterocycles. The molecule has 2 saturated heterocycles. The highest BCUT2D eigenvalue weighted by Gasteiger charge is 2.52. The third kappa shape index (κ3) is 2.80. The minimum Gasteiger partial charge on any atom is -0.349 e. The SMILES string of the molecule is CN1C(=O)C2CC3CC4OCOC4CC3C(C3CCC(N)CC3)=NN2C1=O. The first-order valence-corrected chi connectivity index (χ1v) is 10.2. The summed E-state index contributed by atoms with van der Waals surface area (Å²) in [4.78, 5) is 26.5. The molecule has 5 aliphatic rings. The monoisotopic (exact) mass is 376 g/mol. The van der Waals surface area contributed by atoms with Gasteiger partial charge in [-0.2, -0.15) is 5.10 Å². The van der Waals surface area contributed by atoms with Crippen LogP contribution in [0.25, 0.3) is 0 Å². The standard InChI is InChI=1S/C19H28N4O4/c1-22-18(24)14-6-11-7-15-16(27-9-26-15)8-13(11)17(21-23(14)19(22)25)10-2-4-12(20)5-3-10/h10-16H,2-9,20H2,1H3. The van der Waals surface area contributed by atoms with Crippen molar-refractivity contribution in [1.82, 2.24) is 9.91 Å². The lowest BCUT2D eigenvalue weighted by molar-refractivity contribution is -0.128. The van der Waals surface area contributed by atoms with Crippen LogP contribution in [0.4, 0.5) is 4.79 Å². The topological polar surface area (TPSA) is 97.5 Å². The van der Waals surface area contributed by atoms with Crippen LogP contribution < -0.4 is 5.73 Å². The first-order chi connectivity index (χ1) is 13.0. The van der Waals surface area contributed by atoms with Crippen LogP contribution in [-0.4, -0.2) is 65.7 Å². The van der Waals surface area contributed by atoms with E-state index < -0.39 is 6.04 Å². The smallest absolute Gasteiger partial charge is 0.347 e. The Morgan fingerprint density at radius 2 is 1.74 bits per heavy atom. The first kappa shape index (κ1) is 17.6. The number of nitrogens with two attached hydrogens (primary N) is 1. The lowest BCUT2D eigenvalue weighted by atomic mass is 9.67. The summed E-state index contributed by atoms with van der Waals surface area (Å²) < 4.78 is 11.6. The van der Waals surface area contributed by atoms with Gasteiger partial charge in [-0.1, -0.05) is 0 Å². The molecular weight excluding hydrogens is 348 g/mol. The Morgan fingerprint density at radius 3 is 2.48 bits per heavy atom. The average Bonchev–Trinajstić information content (AvgIpc) is 3.14. The summed E-state index contributed by atoms with van der Waals surface area (Å²) in [6.45, 7) is 0.356. The Bertz CT molecular complexity index is 675. The van der Waals surface area contributed by atoms with Gasteiger partial charge >= 0.3 is 6.03 Å². The van der Waals surface area contributed by atoms with Crippen molar-refractivity contribution >= 4 is 17.6 Å². The van der Waals surface area contributed by atoms with Crippen LogP contribution in [0.15, 0.2) is 5.10 Å². The van der Waals surface area contributed by atoms with Crippen molar-refractivity contribution in [1.29, 1.82) is 0 Å². The Balaban J connectivity index is 1.51. The second-order valence-electron chi connectivity index (χ2n) is 8.78. The van der Waals surface area contributed by atoms with Crippen LogP contribution in [0.1, 0.15) is 44.9 Å². The number of imide groups is 1. The fourth-order valence-corrected chi connectivity index (χ4v) is 5.70. The molecular formula is C19H28N4O4. The summed E-state index contributed by atoms with van der Waals surface area (Å²) in [5.41, 5.74) is 7.21.